The molecule has 1 atom stereocenters. The Balaban J connectivity index is 1.54. The Kier molecular flexibility index (Phi) is 5.97. The highest BCUT2D eigenvalue weighted by atomic mass is 16.6. The van der Waals surface area contributed by atoms with Gasteiger partial charge in [-0.15, -0.1) is 0 Å². The fourth-order valence-electron chi connectivity index (χ4n) is 4.40. The minimum Gasteiger partial charge on any atom is -0.444 e. The number of likely N-dealkylation sites (tertiary alicyclic amines) is 2. The predicted molar refractivity (Wildman–Crippen MR) is 109 cm³/mol. The Morgan fingerprint density at radius 3 is 2.43 bits per heavy atom. The number of rotatable bonds is 6. The van der Waals surface area contributed by atoms with Crippen LogP contribution in [0, 0.1) is 16.7 Å². The van der Waals surface area contributed by atoms with E-state index < -0.39 is 5.60 Å². The number of nitrogens with zero attached hydrogens (tertiary/aromatic N) is 3. The van der Waals surface area contributed by atoms with Crippen molar-refractivity contribution in [2.75, 3.05) is 39.8 Å². The molecular weight excluding hydrogens is 352 g/mol. The monoisotopic (exact) mass is 384 g/mol. The van der Waals surface area contributed by atoms with E-state index in [4.69, 9.17) is 10.00 Å². The number of ether oxygens (including phenoxy) is 1. The molecule has 0 bridgehead atoms. The molecular formula is C22H32N4O2. The van der Waals surface area contributed by atoms with Gasteiger partial charge in [0.05, 0.1) is 11.6 Å². The molecule has 2 fully saturated rings. The van der Waals surface area contributed by atoms with Crippen molar-refractivity contribution in [3.63, 3.8) is 0 Å². The van der Waals surface area contributed by atoms with Crippen LogP contribution in [-0.2, 0) is 11.2 Å². The molecule has 0 radical (unpaired) electrons. The third-order valence-electron chi connectivity index (χ3n) is 5.41. The summed E-state index contributed by atoms with van der Waals surface area (Å²) in [6.07, 6.45) is 1.24. The molecule has 152 valence electrons. The highest BCUT2D eigenvalue weighted by Gasteiger charge is 2.49. The first-order chi connectivity index (χ1) is 13.2. The molecule has 3 rings (SSSR count). The molecule has 0 saturated carbocycles. The normalized spacial score (nSPS) is 20.0. The second-order valence-electron chi connectivity index (χ2n) is 9.53. The van der Waals surface area contributed by atoms with Gasteiger partial charge in [-0.3, -0.25) is 0 Å². The van der Waals surface area contributed by atoms with E-state index in [9.17, 15) is 4.79 Å². The van der Waals surface area contributed by atoms with Crippen LogP contribution in [0.15, 0.2) is 24.3 Å². The highest BCUT2D eigenvalue weighted by Crippen LogP contribution is 2.38. The summed E-state index contributed by atoms with van der Waals surface area (Å²) >= 11 is 0. The second kappa shape index (κ2) is 8.10. The van der Waals surface area contributed by atoms with Gasteiger partial charge in [0.25, 0.3) is 0 Å². The van der Waals surface area contributed by atoms with Gasteiger partial charge in [-0.25, -0.2) is 4.79 Å². The zero-order valence-electron chi connectivity index (χ0n) is 17.5. The van der Waals surface area contributed by atoms with Crippen molar-refractivity contribution in [3.05, 3.63) is 35.4 Å². The molecule has 1 aromatic carbocycles. The summed E-state index contributed by atoms with van der Waals surface area (Å²) in [5, 5.41) is 12.0. The zero-order chi connectivity index (χ0) is 20.4. The Hall–Kier alpha value is -2.10. The van der Waals surface area contributed by atoms with Crippen LogP contribution in [0.3, 0.4) is 0 Å². The molecule has 1 amide bonds. The minimum atomic E-state index is -0.511. The number of nitriles is 1. The quantitative estimate of drug-likeness (QED) is 0.817. The van der Waals surface area contributed by atoms with Crippen molar-refractivity contribution < 1.29 is 9.53 Å². The third kappa shape index (κ3) is 5.46. The molecule has 0 aliphatic carbocycles. The lowest BCUT2D eigenvalue weighted by molar-refractivity contribution is -0.104. The topological polar surface area (TPSA) is 68.6 Å². The maximum atomic E-state index is 12.3. The summed E-state index contributed by atoms with van der Waals surface area (Å²) in [6, 6.07) is 9.72. The van der Waals surface area contributed by atoms with Crippen LogP contribution in [0.2, 0.25) is 0 Å². The number of alkyl carbamates (subject to hydrolysis) is 1. The van der Waals surface area contributed by atoms with Crippen molar-refractivity contribution in [1.29, 1.82) is 5.26 Å². The van der Waals surface area contributed by atoms with E-state index in [1.54, 1.807) is 0 Å². The molecule has 2 saturated heterocycles. The first kappa shape index (κ1) is 20.6. The second-order valence-corrected chi connectivity index (χ2v) is 9.53. The average molecular weight is 385 g/mol. The van der Waals surface area contributed by atoms with Crippen LogP contribution < -0.4 is 5.32 Å². The van der Waals surface area contributed by atoms with Crippen molar-refractivity contribution in [2.45, 2.75) is 45.3 Å². The first-order valence-corrected chi connectivity index (χ1v) is 10.1. The highest BCUT2D eigenvalue weighted by molar-refractivity contribution is 5.68. The molecule has 6 heteroatoms. The van der Waals surface area contributed by atoms with Gasteiger partial charge in [0.15, 0.2) is 0 Å². The molecule has 6 nitrogen and oxygen atoms in total. The predicted octanol–water partition coefficient (Wildman–Crippen LogP) is 2.63. The van der Waals surface area contributed by atoms with Gasteiger partial charge in [-0.05, 0) is 58.4 Å². The van der Waals surface area contributed by atoms with Crippen LogP contribution >= 0.6 is 0 Å². The molecule has 28 heavy (non-hydrogen) atoms. The largest absolute Gasteiger partial charge is 0.444 e. The maximum absolute atomic E-state index is 12.3. The number of benzene rings is 1. The molecule has 2 heterocycles. The lowest BCUT2D eigenvalue weighted by Gasteiger charge is -2.60. The summed E-state index contributed by atoms with van der Waals surface area (Å²) in [7, 11) is 2.17. The number of hydrogen-bond acceptors (Lipinski definition) is 5. The minimum absolute atomic E-state index is 0.00315. The Labute approximate surface area is 168 Å². The first-order valence-electron chi connectivity index (χ1n) is 10.1. The van der Waals surface area contributed by atoms with Crippen LogP contribution in [0.5, 0.6) is 0 Å². The molecule has 0 aromatic heterocycles. The van der Waals surface area contributed by atoms with Crippen LogP contribution in [0.4, 0.5) is 4.79 Å². The third-order valence-corrected chi connectivity index (χ3v) is 5.41. The van der Waals surface area contributed by atoms with Gasteiger partial charge in [-0.2, -0.15) is 5.26 Å². The zero-order valence-corrected chi connectivity index (χ0v) is 17.5. The molecule has 0 unspecified atom stereocenters. The summed E-state index contributed by atoms with van der Waals surface area (Å²) in [5.74, 6) is 0. The summed E-state index contributed by atoms with van der Waals surface area (Å²) in [5.41, 5.74) is 1.77. The van der Waals surface area contributed by atoms with E-state index in [1.165, 1.54) is 13.1 Å². The molecule has 1 N–H and O–H groups in total. The Morgan fingerprint density at radius 1 is 1.25 bits per heavy atom. The fourth-order valence-corrected chi connectivity index (χ4v) is 4.40. The van der Waals surface area contributed by atoms with Gasteiger partial charge in [0, 0.05) is 44.2 Å². The Morgan fingerprint density at radius 2 is 1.89 bits per heavy atom. The van der Waals surface area contributed by atoms with Crippen LogP contribution in [0.25, 0.3) is 0 Å². The van der Waals surface area contributed by atoms with E-state index in [1.807, 2.05) is 45.0 Å². The van der Waals surface area contributed by atoms with Gasteiger partial charge in [0.1, 0.15) is 5.60 Å². The van der Waals surface area contributed by atoms with Crippen LogP contribution in [-0.4, -0.2) is 67.3 Å². The molecule has 1 spiro atoms. The van der Waals surface area contributed by atoms with Gasteiger partial charge < -0.3 is 19.9 Å². The fraction of sp³-hybridized carbons (Fsp3) is 0.636. The number of carbonyl (C=O) groups excluding carboxylic acids is 1. The van der Waals surface area contributed by atoms with Gasteiger partial charge >= 0.3 is 6.09 Å². The lowest BCUT2D eigenvalue weighted by atomic mass is 9.73. The molecule has 2 aliphatic heterocycles. The molecule has 2 aliphatic rings. The van der Waals surface area contributed by atoms with Crippen molar-refractivity contribution in [3.8, 4) is 6.07 Å². The lowest BCUT2D eigenvalue weighted by Crippen LogP contribution is -2.71. The van der Waals surface area contributed by atoms with Crippen molar-refractivity contribution in [1.82, 2.24) is 15.1 Å². The van der Waals surface area contributed by atoms with E-state index in [0.717, 1.165) is 38.0 Å². The summed E-state index contributed by atoms with van der Waals surface area (Å²) < 4.78 is 5.45. The summed E-state index contributed by atoms with van der Waals surface area (Å²) in [4.78, 5) is 17.1. The summed E-state index contributed by atoms with van der Waals surface area (Å²) in [6.45, 7) is 11.3. The SMILES string of the molecule is CN1CC2(C1)CN(CC[C@@H](Cc1ccc(C#N)cc1)NC(=O)OC(C)(C)C)C2. The van der Waals surface area contributed by atoms with Crippen molar-refractivity contribution >= 4 is 6.09 Å². The number of carbonyl (C=O) groups is 1. The maximum Gasteiger partial charge on any atom is 0.407 e. The smallest absolute Gasteiger partial charge is 0.407 e. The van der Waals surface area contributed by atoms with Gasteiger partial charge in [0.2, 0.25) is 0 Å². The van der Waals surface area contributed by atoms with Crippen LogP contribution in [0.1, 0.15) is 38.3 Å². The standard InChI is InChI=1S/C22H32N4O2/c1-21(2,3)28-20(27)24-19(11-17-5-7-18(12-23)8-6-17)9-10-26-15-22(16-26)13-25(4)14-22/h5-8,19H,9-11,13-16H2,1-4H3,(H,24,27)/t19-/m0/s1. The number of amides is 1. The van der Waals surface area contributed by atoms with E-state index in [0.29, 0.717) is 11.0 Å². The van der Waals surface area contributed by atoms with Crippen molar-refractivity contribution in [2.24, 2.45) is 5.41 Å². The van der Waals surface area contributed by atoms with Gasteiger partial charge in [-0.1, -0.05) is 12.1 Å². The number of nitrogens with one attached hydrogen (secondary N) is 1. The van der Waals surface area contributed by atoms with E-state index >= 15 is 0 Å². The average Bonchev–Trinajstić information content (AvgIpc) is 2.54. The number of hydrogen-bond donors (Lipinski definition) is 1. The van der Waals surface area contributed by atoms with E-state index in [2.05, 4.69) is 28.2 Å². The van der Waals surface area contributed by atoms with E-state index in [-0.39, 0.29) is 12.1 Å². The molecule has 1 aromatic rings. The Bertz CT molecular complexity index is 718.